The highest BCUT2D eigenvalue weighted by molar-refractivity contribution is 8.01. The molecule has 0 saturated carbocycles. The first-order valence-electron chi connectivity index (χ1n) is 6.85. The first-order valence-corrected chi connectivity index (χ1v) is 7.79. The van der Waals surface area contributed by atoms with Crippen LogP contribution in [0.2, 0.25) is 0 Å². The molecule has 0 aliphatic carbocycles. The van der Waals surface area contributed by atoms with E-state index in [0.29, 0.717) is 0 Å². The molecule has 19 heavy (non-hydrogen) atoms. The first-order chi connectivity index (χ1) is 9.19. The SMILES string of the molecule is CC[C@@H]1S[C@@H](c2ccccc2C)N(CCNC)C1=O. The number of thioether (sulfide) groups is 1. The number of nitrogens with one attached hydrogen (secondary N) is 1. The standard InChI is InChI=1S/C15H22N2OS/c1-4-13-14(18)17(10-9-16-3)15(19-13)12-8-6-5-7-11(12)2/h5-8,13,15-16H,4,9-10H2,1-3H3/t13-,15-/m0/s1. The second-order valence-electron chi connectivity index (χ2n) is 4.88. The summed E-state index contributed by atoms with van der Waals surface area (Å²) in [6.45, 7) is 5.82. The predicted octanol–water partition coefficient (Wildman–Crippen LogP) is 2.57. The minimum absolute atomic E-state index is 0.112. The fourth-order valence-electron chi connectivity index (χ4n) is 2.42. The van der Waals surface area contributed by atoms with Crippen molar-refractivity contribution in [3.05, 3.63) is 35.4 Å². The third-order valence-electron chi connectivity index (χ3n) is 3.56. The Morgan fingerprint density at radius 1 is 1.37 bits per heavy atom. The van der Waals surface area contributed by atoms with Gasteiger partial charge in [-0.15, -0.1) is 11.8 Å². The molecule has 1 amide bonds. The molecule has 0 spiro atoms. The summed E-state index contributed by atoms with van der Waals surface area (Å²) >= 11 is 1.79. The molecule has 2 rings (SSSR count). The van der Waals surface area contributed by atoms with Crippen LogP contribution in [-0.4, -0.2) is 36.2 Å². The van der Waals surface area contributed by atoms with Crippen LogP contribution in [-0.2, 0) is 4.79 Å². The van der Waals surface area contributed by atoms with Crippen molar-refractivity contribution < 1.29 is 4.79 Å². The lowest BCUT2D eigenvalue weighted by atomic mass is 10.1. The molecule has 1 saturated heterocycles. The molecule has 1 aromatic carbocycles. The number of carbonyl (C=O) groups is 1. The molecule has 2 atom stereocenters. The lowest BCUT2D eigenvalue weighted by Gasteiger charge is -2.25. The molecule has 3 nitrogen and oxygen atoms in total. The maximum absolute atomic E-state index is 12.4. The molecular weight excluding hydrogens is 256 g/mol. The van der Waals surface area contributed by atoms with Crippen LogP contribution in [0, 0.1) is 6.92 Å². The Hall–Kier alpha value is -1.00. The third kappa shape index (κ3) is 2.95. The first kappa shape index (κ1) is 14.4. The fraction of sp³-hybridized carbons (Fsp3) is 0.533. The van der Waals surface area contributed by atoms with Gasteiger partial charge >= 0.3 is 0 Å². The van der Waals surface area contributed by atoms with Gasteiger partial charge in [-0.1, -0.05) is 31.2 Å². The van der Waals surface area contributed by atoms with Crippen LogP contribution < -0.4 is 5.32 Å². The quantitative estimate of drug-likeness (QED) is 0.898. The van der Waals surface area contributed by atoms with Gasteiger partial charge in [0.1, 0.15) is 5.37 Å². The van der Waals surface area contributed by atoms with Crippen molar-refractivity contribution in [2.45, 2.75) is 30.9 Å². The van der Waals surface area contributed by atoms with Crippen LogP contribution in [0.25, 0.3) is 0 Å². The number of aryl methyl sites for hydroxylation is 1. The smallest absolute Gasteiger partial charge is 0.236 e. The number of rotatable bonds is 5. The Labute approximate surface area is 119 Å². The van der Waals surface area contributed by atoms with E-state index >= 15 is 0 Å². The molecule has 1 heterocycles. The number of amides is 1. The maximum Gasteiger partial charge on any atom is 0.236 e. The molecule has 1 fully saturated rings. The Kier molecular flexibility index (Phi) is 4.88. The van der Waals surface area contributed by atoms with Gasteiger partial charge in [0, 0.05) is 13.1 Å². The molecule has 0 aromatic heterocycles. The highest BCUT2D eigenvalue weighted by Gasteiger charge is 2.39. The third-order valence-corrected chi connectivity index (χ3v) is 5.19. The summed E-state index contributed by atoms with van der Waals surface area (Å²) in [5.74, 6) is 0.288. The molecule has 0 radical (unpaired) electrons. The summed E-state index contributed by atoms with van der Waals surface area (Å²) in [5, 5.41) is 3.42. The maximum atomic E-state index is 12.4. The lowest BCUT2D eigenvalue weighted by molar-refractivity contribution is -0.130. The molecule has 1 aromatic rings. The van der Waals surface area contributed by atoms with E-state index in [1.807, 2.05) is 11.9 Å². The van der Waals surface area contributed by atoms with Crippen molar-refractivity contribution in [2.75, 3.05) is 20.1 Å². The van der Waals surface area contributed by atoms with Gasteiger partial charge in [-0.2, -0.15) is 0 Å². The molecule has 0 bridgehead atoms. The van der Waals surface area contributed by atoms with Gasteiger partial charge in [0.15, 0.2) is 0 Å². The normalized spacial score (nSPS) is 23.1. The van der Waals surface area contributed by atoms with Crippen molar-refractivity contribution in [3.63, 3.8) is 0 Å². The van der Waals surface area contributed by atoms with E-state index in [1.165, 1.54) is 11.1 Å². The van der Waals surface area contributed by atoms with Crippen LogP contribution in [0.5, 0.6) is 0 Å². The molecule has 1 aliphatic heterocycles. The summed E-state index contributed by atoms with van der Waals surface area (Å²) in [5.41, 5.74) is 2.53. The van der Waals surface area contributed by atoms with Gasteiger partial charge in [0.05, 0.1) is 5.25 Å². The van der Waals surface area contributed by atoms with Crippen molar-refractivity contribution in [1.29, 1.82) is 0 Å². The van der Waals surface area contributed by atoms with Gasteiger partial charge in [-0.3, -0.25) is 4.79 Å². The molecular formula is C15H22N2OS. The molecule has 4 heteroatoms. The second-order valence-corrected chi connectivity index (χ2v) is 6.16. The van der Waals surface area contributed by atoms with Crippen LogP contribution in [0.15, 0.2) is 24.3 Å². The number of likely N-dealkylation sites (N-methyl/N-ethyl adjacent to an activating group) is 1. The second kappa shape index (κ2) is 6.44. The van der Waals surface area contributed by atoms with E-state index in [9.17, 15) is 4.79 Å². The van der Waals surface area contributed by atoms with Crippen LogP contribution >= 0.6 is 11.8 Å². The van der Waals surface area contributed by atoms with Gasteiger partial charge in [0.25, 0.3) is 0 Å². The number of benzene rings is 1. The zero-order chi connectivity index (χ0) is 13.8. The van der Waals surface area contributed by atoms with Gasteiger partial charge < -0.3 is 10.2 Å². The van der Waals surface area contributed by atoms with E-state index in [0.717, 1.165) is 19.5 Å². The number of hydrogen-bond donors (Lipinski definition) is 1. The van der Waals surface area contributed by atoms with Crippen molar-refractivity contribution in [2.24, 2.45) is 0 Å². The van der Waals surface area contributed by atoms with E-state index in [-0.39, 0.29) is 16.5 Å². The summed E-state index contributed by atoms with van der Waals surface area (Å²) < 4.78 is 0. The number of nitrogens with zero attached hydrogens (tertiary/aromatic N) is 1. The van der Waals surface area contributed by atoms with E-state index in [1.54, 1.807) is 11.8 Å². The lowest BCUT2D eigenvalue weighted by Crippen LogP contribution is -2.36. The summed E-state index contributed by atoms with van der Waals surface area (Å²) in [7, 11) is 1.92. The summed E-state index contributed by atoms with van der Waals surface area (Å²) in [4.78, 5) is 14.4. The van der Waals surface area contributed by atoms with Crippen LogP contribution in [0.3, 0.4) is 0 Å². The number of carbonyl (C=O) groups excluding carboxylic acids is 1. The highest BCUT2D eigenvalue weighted by atomic mass is 32.2. The average molecular weight is 278 g/mol. The van der Waals surface area contributed by atoms with Gasteiger partial charge in [-0.25, -0.2) is 0 Å². The van der Waals surface area contributed by atoms with Crippen molar-refractivity contribution in [3.8, 4) is 0 Å². The Balaban J connectivity index is 2.26. The minimum atomic E-state index is 0.112. The monoisotopic (exact) mass is 278 g/mol. The van der Waals surface area contributed by atoms with Crippen LogP contribution in [0.4, 0.5) is 0 Å². The summed E-state index contributed by atoms with van der Waals surface area (Å²) in [6, 6.07) is 8.37. The van der Waals surface area contributed by atoms with Gasteiger partial charge in [0.2, 0.25) is 5.91 Å². The molecule has 0 unspecified atom stereocenters. The average Bonchev–Trinajstić information content (AvgIpc) is 2.73. The van der Waals surface area contributed by atoms with Crippen molar-refractivity contribution in [1.82, 2.24) is 10.2 Å². The Morgan fingerprint density at radius 3 is 2.74 bits per heavy atom. The van der Waals surface area contributed by atoms with Gasteiger partial charge in [-0.05, 0) is 31.5 Å². The Morgan fingerprint density at radius 2 is 2.11 bits per heavy atom. The van der Waals surface area contributed by atoms with Crippen LogP contribution in [0.1, 0.15) is 29.8 Å². The molecule has 1 aliphatic rings. The topological polar surface area (TPSA) is 32.3 Å². The zero-order valence-corrected chi connectivity index (χ0v) is 12.7. The van der Waals surface area contributed by atoms with E-state index in [2.05, 4.69) is 43.4 Å². The van der Waals surface area contributed by atoms with E-state index < -0.39 is 0 Å². The molecule has 104 valence electrons. The zero-order valence-electron chi connectivity index (χ0n) is 11.8. The Bertz CT molecular complexity index is 450. The largest absolute Gasteiger partial charge is 0.324 e. The van der Waals surface area contributed by atoms with E-state index in [4.69, 9.17) is 0 Å². The highest BCUT2D eigenvalue weighted by Crippen LogP contribution is 2.44. The van der Waals surface area contributed by atoms with Crippen molar-refractivity contribution >= 4 is 17.7 Å². The number of hydrogen-bond acceptors (Lipinski definition) is 3. The molecule has 1 N–H and O–H groups in total. The fourth-order valence-corrected chi connectivity index (χ4v) is 3.95. The predicted molar refractivity (Wildman–Crippen MR) is 81.2 cm³/mol. The minimum Gasteiger partial charge on any atom is -0.324 e. The summed E-state index contributed by atoms with van der Waals surface area (Å²) in [6.07, 6.45) is 0.905.